The van der Waals surface area contributed by atoms with Crippen molar-refractivity contribution in [1.82, 2.24) is 4.90 Å². The molecule has 0 aromatic rings. The molecule has 0 heterocycles. The monoisotopic (exact) mass is 445 g/mol. The Balaban J connectivity index is 1.26. The van der Waals surface area contributed by atoms with Gasteiger partial charge in [0.1, 0.15) is 6.10 Å². The lowest BCUT2D eigenvalue weighted by molar-refractivity contribution is -0.155. The van der Waals surface area contributed by atoms with E-state index in [9.17, 15) is 4.79 Å². The quantitative estimate of drug-likeness (QED) is 0.377. The molecule has 0 N–H and O–H groups in total. The van der Waals surface area contributed by atoms with Crippen LogP contribution < -0.4 is 0 Å². The maximum Gasteiger partial charge on any atom is 0.308 e. The zero-order valence-electron chi connectivity index (χ0n) is 21.2. The molecular formula is C29H51NO2. The van der Waals surface area contributed by atoms with E-state index in [1.165, 1.54) is 103 Å². The van der Waals surface area contributed by atoms with E-state index >= 15 is 0 Å². The lowest BCUT2D eigenvalue weighted by atomic mass is 9.71. The Morgan fingerprint density at radius 2 is 1.12 bits per heavy atom. The summed E-state index contributed by atoms with van der Waals surface area (Å²) in [6.07, 6.45) is 26.3. The van der Waals surface area contributed by atoms with Gasteiger partial charge in [-0.3, -0.25) is 9.69 Å². The van der Waals surface area contributed by atoms with Crippen LogP contribution in [0.15, 0.2) is 0 Å². The van der Waals surface area contributed by atoms with E-state index in [0.29, 0.717) is 0 Å². The average molecular weight is 446 g/mol. The Morgan fingerprint density at radius 1 is 0.688 bits per heavy atom. The highest BCUT2D eigenvalue weighted by Gasteiger charge is 2.38. The van der Waals surface area contributed by atoms with Crippen LogP contribution in [0.5, 0.6) is 0 Å². The Morgan fingerprint density at radius 3 is 1.59 bits per heavy atom. The minimum atomic E-state index is 0.0296. The molecule has 0 aromatic carbocycles. The van der Waals surface area contributed by atoms with Gasteiger partial charge in [0.05, 0.1) is 5.92 Å². The Bertz CT molecular complexity index is 532. The van der Waals surface area contributed by atoms with Crippen LogP contribution in [0.1, 0.15) is 136 Å². The fourth-order valence-corrected chi connectivity index (χ4v) is 7.65. The molecule has 32 heavy (non-hydrogen) atoms. The molecule has 0 radical (unpaired) electrons. The summed E-state index contributed by atoms with van der Waals surface area (Å²) < 4.78 is 5.82. The SMILES string of the molecule is CCC(C)C(=O)OC1CCC(C2CCC(N(C3CCCCC3)C3CCCCC3)CC2)CC1. The normalized spacial score (nSPS) is 34.3. The molecule has 0 spiro atoms. The highest BCUT2D eigenvalue weighted by atomic mass is 16.5. The number of hydrogen-bond acceptors (Lipinski definition) is 3. The summed E-state index contributed by atoms with van der Waals surface area (Å²) in [4.78, 5) is 15.3. The molecule has 0 saturated heterocycles. The standard InChI is InChI=1S/C29H51NO2/c1-3-22(2)29(31)32-28-20-16-24(17-21-28)23-14-18-27(19-15-23)30(25-10-6-4-7-11-25)26-12-8-5-9-13-26/h22-28H,3-21H2,1-2H3. The third-order valence-corrected chi connectivity index (χ3v) is 9.84. The number of carbonyl (C=O) groups excluding carboxylic acids is 1. The van der Waals surface area contributed by atoms with Gasteiger partial charge in [0.2, 0.25) is 0 Å². The van der Waals surface area contributed by atoms with Crippen LogP contribution in [-0.2, 0) is 9.53 Å². The van der Waals surface area contributed by atoms with Crippen LogP contribution in [0.4, 0.5) is 0 Å². The molecule has 4 saturated carbocycles. The van der Waals surface area contributed by atoms with Crippen LogP contribution in [-0.4, -0.2) is 35.1 Å². The van der Waals surface area contributed by atoms with Gasteiger partial charge in [-0.15, -0.1) is 0 Å². The van der Waals surface area contributed by atoms with E-state index in [2.05, 4.69) is 11.8 Å². The van der Waals surface area contributed by atoms with E-state index in [1.54, 1.807) is 0 Å². The predicted octanol–water partition coefficient (Wildman–Crippen LogP) is 7.66. The number of rotatable bonds is 7. The largest absolute Gasteiger partial charge is 0.462 e. The van der Waals surface area contributed by atoms with Crippen LogP contribution in [0.3, 0.4) is 0 Å². The zero-order chi connectivity index (χ0) is 22.3. The first-order valence-electron chi connectivity index (χ1n) is 14.6. The predicted molar refractivity (Wildman–Crippen MR) is 133 cm³/mol. The van der Waals surface area contributed by atoms with E-state index in [4.69, 9.17) is 4.74 Å². The van der Waals surface area contributed by atoms with Crippen molar-refractivity contribution >= 4 is 5.97 Å². The molecule has 0 amide bonds. The molecule has 0 aromatic heterocycles. The molecule has 3 heteroatoms. The Kier molecular flexibility index (Phi) is 9.38. The van der Waals surface area contributed by atoms with Gasteiger partial charge in [-0.05, 0) is 95.3 Å². The van der Waals surface area contributed by atoms with Crippen LogP contribution in [0.25, 0.3) is 0 Å². The average Bonchev–Trinajstić information content (AvgIpc) is 2.86. The van der Waals surface area contributed by atoms with Gasteiger partial charge in [-0.1, -0.05) is 52.4 Å². The summed E-state index contributed by atoms with van der Waals surface area (Å²) >= 11 is 0. The smallest absolute Gasteiger partial charge is 0.308 e. The molecular weight excluding hydrogens is 394 g/mol. The second kappa shape index (κ2) is 12.2. The Labute approximate surface area is 198 Å². The number of esters is 1. The molecule has 1 unspecified atom stereocenters. The number of nitrogens with zero attached hydrogens (tertiary/aromatic N) is 1. The van der Waals surface area contributed by atoms with Crippen LogP contribution in [0, 0.1) is 17.8 Å². The third-order valence-electron chi connectivity index (χ3n) is 9.84. The third kappa shape index (κ3) is 6.30. The molecule has 4 rings (SSSR count). The van der Waals surface area contributed by atoms with Gasteiger partial charge in [-0.2, -0.15) is 0 Å². The second-order valence-electron chi connectivity index (χ2n) is 11.9. The van der Waals surface area contributed by atoms with Crippen molar-refractivity contribution < 1.29 is 9.53 Å². The molecule has 0 aliphatic heterocycles. The molecule has 3 nitrogen and oxygen atoms in total. The molecule has 4 aliphatic rings. The van der Waals surface area contributed by atoms with Gasteiger partial charge in [0.15, 0.2) is 0 Å². The number of ether oxygens (including phenoxy) is 1. The van der Waals surface area contributed by atoms with E-state index in [-0.39, 0.29) is 18.0 Å². The molecule has 0 bridgehead atoms. The summed E-state index contributed by atoms with van der Waals surface area (Å²) in [5.41, 5.74) is 0. The first-order chi connectivity index (χ1) is 15.7. The van der Waals surface area contributed by atoms with Crippen LogP contribution in [0.2, 0.25) is 0 Å². The van der Waals surface area contributed by atoms with Gasteiger partial charge in [0, 0.05) is 18.1 Å². The summed E-state index contributed by atoms with van der Waals surface area (Å²) in [7, 11) is 0. The maximum absolute atomic E-state index is 12.2. The molecule has 184 valence electrons. The van der Waals surface area contributed by atoms with Gasteiger partial charge in [0.25, 0.3) is 0 Å². The van der Waals surface area contributed by atoms with Crippen molar-refractivity contribution in [2.45, 2.75) is 160 Å². The molecule has 4 aliphatic carbocycles. The van der Waals surface area contributed by atoms with Crippen molar-refractivity contribution in [1.29, 1.82) is 0 Å². The highest BCUT2D eigenvalue weighted by molar-refractivity contribution is 5.72. The second-order valence-corrected chi connectivity index (χ2v) is 11.9. The Hall–Kier alpha value is -0.570. The number of carbonyl (C=O) groups is 1. The summed E-state index contributed by atoms with van der Waals surface area (Å²) in [5, 5.41) is 0. The first kappa shape index (κ1) is 24.6. The summed E-state index contributed by atoms with van der Waals surface area (Å²) in [5.74, 6) is 1.89. The molecule has 4 fully saturated rings. The van der Waals surface area contributed by atoms with E-state index in [1.807, 2.05) is 6.92 Å². The van der Waals surface area contributed by atoms with Crippen molar-refractivity contribution in [2.24, 2.45) is 17.8 Å². The van der Waals surface area contributed by atoms with Gasteiger partial charge in [-0.25, -0.2) is 0 Å². The first-order valence-corrected chi connectivity index (χ1v) is 14.6. The van der Waals surface area contributed by atoms with E-state index < -0.39 is 0 Å². The van der Waals surface area contributed by atoms with Crippen molar-refractivity contribution in [3.05, 3.63) is 0 Å². The minimum absolute atomic E-state index is 0.0296. The topological polar surface area (TPSA) is 29.5 Å². The van der Waals surface area contributed by atoms with Crippen molar-refractivity contribution in [2.75, 3.05) is 0 Å². The van der Waals surface area contributed by atoms with Crippen molar-refractivity contribution in [3.8, 4) is 0 Å². The van der Waals surface area contributed by atoms with Gasteiger partial charge >= 0.3 is 5.97 Å². The van der Waals surface area contributed by atoms with Crippen molar-refractivity contribution in [3.63, 3.8) is 0 Å². The van der Waals surface area contributed by atoms with E-state index in [0.717, 1.165) is 49.2 Å². The lowest BCUT2D eigenvalue weighted by Gasteiger charge is -2.49. The maximum atomic E-state index is 12.2. The fraction of sp³-hybridized carbons (Fsp3) is 0.966. The number of hydrogen-bond donors (Lipinski definition) is 0. The zero-order valence-corrected chi connectivity index (χ0v) is 21.2. The van der Waals surface area contributed by atoms with Crippen LogP contribution >= 0.6 is 0 Å². The fourth-order valence-electron chi connectivity index (χ4n) is 7.65. The minimum Gasteiger partial charge on any atom is -0.462 e. The molecule has 1 atom stereocenters. The highest BCUT2D eigenvalue weighted by Crippen LogP contribution is 2.42. The lowest BCUT2D eigenvalue weighted by Crippen LogP contribution is -2.52. The summed E-state index contributed by atoms with van der Waals surface area (Å²) in [6.45, 7) is 4.07. The summed E-state index contributed by atoms with van der Waals surface area (Å²) in [6, 6.07) is 2.65. The van der Waals surface area contributed by atoms with Gasteiger partial charge < -0.3 is 4.74 Å².